The van der Waals surface area contributed by atoms with Crippen LogP contribution in [-0.4, -0.2) is 23.9 Å². The summed E-state index contributed by atoms with van der Waals surface area (Å²) in [4.78, 5) is 0. The van der Waals surface area contributed by atoms with Crippen LogP contribution in [0.25, 0.3) is 0 Å². The SMILES string of the molecule is COCc1ccc(CCO)cc1O. The maximum absolute atomic E-state index is 9.49. The zero-order valence-corrected chi connectivity index (χ0v) is 7.66. The Hall–Kier alpha value is -1.06. The Labute approximate surface area is 77.6 Å². The molecule has 0 amide bonds. The summed E-state index contributed by atoms with van der Waals surface area (Å²) in [6, 6.07) is 5.35. The monoisotopic (exact) mass is 182 g/mol. The molecule has 0 radical (unpaired) electrons. The number of rotatable bonds is 4. The highest BCUT2D eigenvalue weighted by atomic mass is 16.5. The van der Waals surface area contributed by atoms with Crippen molar-refractivity contribution in [2.75, 3.05) is 13.7 Å². The van der Waals surface area contributed by atoms with Crippen LogP contribution in [0.5, 0.6) is 5.75 Å². The molecule has 0 spiro atoms. The number of aliphatic hydroxyl groups excluding tert-OH is 1. The number of ether oxygens (including phenoxy) is 1. The van der Waals surface area contributed by atoms with E-state index in [1.54, 1.807) is 13.2 Å². The predicted octanol–water partition coefficient (Wildman–Crippen LogP) is 1.07. The fourth-order valence-corrected chi connectivity index (χ4v) is 1.17. The van der Waals surface area contributed by atoms with Gasteiger partial charge in [-0.25, -0.2) is 0 Å². The molecule has 0 saturated carbocycles. The summed E-state index contributed by atoms with van der Waals surface area (Å²) < 4.78 is 4.90. The summed E-state index contributed by atoms with van der Waals surface area (Å²) in [7, 11) is 1.58. The first kappa shape index (κ1) is 10.0. The normalized spacial score (nSPS) is 10.3. The quantitative estimate of drug-likeness (QED) is 0.732. The molecule has 1 aromatic rings. The van der Waals surface area contributed by atoms with Gasteiger partial charge in [0.25, 0.3) is 0 Å². The summed E-state index contributed by atoms with van der Waals surface area (Å²) in [6.45, 7) is 0.508. The molecular formula is C10H14O3. The zero-order valence-electron chi connectivity index (χ0n) is 7.66. The molecule has 2 N–H and O–H groups in total. The van der Waals surface area contributed by atoms with Gasteiger partial charge in [-0.05, 0) is 18.1 Å². The molecule has 3 nitrogen and oxygen atoms in total. The van der Waals surface area contributed by atoms with E-state index in [9.17, 15) is 5.11 Å². The Bertz CT molecular complexity index is 271. The standard InChI is InChI=1S/C10H14O3/c1-13-7-9-3-2-8(4-5-11)6-10(9)12/h2-3,6,11-12H,4-5,7H2,1H3. The van der Waals surface area contributed by atoms with Crippen molar-refractivity contribution in [3.05, 3.63) is 29.3 Å². The van der Waals surface area contributed by atoms with Crippen LogP contribution in [0.3, 0.4) is 0 Å². The third-order valence-corrected chi connectivity index (χ3v) is 1.85. The van der Waals surface area contributed by atoms with E-state index in [4.69, 9.17) is 9.84 Å². The minimum absolute atomic E-state index is 0.100. The average molecular weight is 182 g/mol. The fourth-order valence-electron chi connectivity index (χ4n) is 1.17. The number of benzene rings is 1. The summed E-state index contributed by atoms with van der Waals surface area (Å²) in [5.74, 6) is 0.229. The third-order valence-electron chi connectivity index (χ3n) is 1.85. The van der Waals surface area contributed by atoms with Gasteiger partial charge in [0.2, 0.25) is 0 Å². The summed E-state index contributed by atoms with van der Waals surface area (Å²) in [6.07, 6.45) is 0.570. The Kier molecular flexibility index (Phi) is 3.73. The van der Waals surface area contributed by atoms with Crippen LogP contribution in [0.4, 0.5) is 0 Å². The Balaban J connectivity index is 2.79. The largest absolute Gasteiger partial charge is 0.508 e. The smallest absolute Gasteiger partial charge is 0.121 e. The first-order chi connectivity index (χ1) is 6.27. The van der Waals surface area contributed by atoms with Gasteiger partial charge in [-0.2, -0.15) is 0 Å². The van der Waals surface area contributed by atoms with Gasteiger partial charge in [-0.1, -0.05) is 12.1 Å². The first-order valence-electron chi connectivity index (χ1n) is 4.18. The fraction of sp³-hybridized carbons (Fsp3) is 0.400. The molecule has 13 heavy (non-hydrogen) atoms. The minimum atomic E-state index is 0.100. The molecule has 1 aromatic carbocycles. The summed E-state index contributed by atoms with van der Waals surface area (Å²) in [5, 5.41) is 18.2. The van der Waals surface area contributed by atoms with Crippen LogP contribution in [0.15, 0.2) is 18.2 Å². The Morgan fingerprint density at radius 2 is 2.15 bits per heavy atom. The topological polar surface area (TPSA) is 49.7 Å². The Morgan fingerprint density at radius 1 is 1.38 bits per heavy atom. The number of phenols is 1. The molecule has 0 aliphatic rings. The molecule has 0 bridgehead atoms. The van der Waals surface area contributed by atoms with Crippen molar-refractivity contribution in [3.8, 4) is 5.75 Å². The van der Waals surface area contributed by atoms with Gasteiger partial charge < -0.3 is 14.9 Å². The van der Waals surface area contributed by atoms with Crippen molar-refractivity contribution in [2.24, 2.45) is 0 Å². The van der Waals surface area contributed by atoms with Crippen molar-refractivity contribution in [1.82, 2.24) is 0 Å². The maximum atomic E-state index is 9.49. The molecule has 0 aromatic heterocycles. The maximum Gasteiger partial charge on any atom is 0.121 e. The van der Waals surface area contributed by atoms with Gasteiger partial charge in [0, 0.05) is 19.3 Å². The van der Waals surface area contributed by atoms with Crippen LogP contribution in [0.1, 0.15) is 11.1 Å². The highest BCUT2D eigenvalue weighted by Gasteiger charge is 2.01. The van der Waals surface area contributed by atoms with Crippen LogP contribution in [-0.2, 0) is 17.8 Å². The number of hydrogen-bond acceptors (Lipinski definition) is 3. The second-order valence-corrected chi connectivity index (χ2v) is 2.87. The van der Waals surface area contributed by atoms with Crippen molar-refractivity contribution in [3.63, 3.8) is 0 Å². The zero-order chi connectivity index (χ0) is 9.68. The molecule has 0 atom stereocenters. The van der Waals surface area contributed by atoms with Gasteiger partial charge in [-0.3, -0.25) is 0 Å². The number of hydrogen-bond donors (Lipinski definition) is 2. The lowest BCUT2D eigenvalue weighted by Gasteiger charge is -2.05. The molecule has 0 saturated heterocycles. The van der Waals surface area contributed by atoms with Gasteiger partial charge in [-0.15, -0.1) is 0 Å². The number of aliphatic hydroxyl groups is 1. The van der Waals surface area contributed by atoms with Crippen LogP contribution in [0.2, 0.25) is 0 Å². The van der Waals surface area contributed by atoms with Gasteiger partial charge >= 0.3 is 0 Å². The predicted molar refractivity (Wildman–Crippen MR) is 49.6 cm³/mol. The van der Waals surface area contributed by atoms with E-state index in [1.807, 2.05) is 12.1 Å². The molecule has 0 fully saturated rings. The summed E-state index contributed by atoms with van der Waals surface area (Å²) in [5.41, 5.74) is 1.70. The van der Waals surface area contributed by atoms with Crippen molar-refractivity contribution in [2.45, 2.75) is 13.0 Å². The average Bonchev–Trinajstić information content (AvgIpc) is 2.10. The third kappa shape index (κ3) is 2.72. The molecule has 3 heteroatoms. The lowest BCUT2D eigenvalue weighted by molar-refractivity contribution is 0.182. The van der Waals surface area contributed by atoms with Gasteiger partial charge in [0.05, 0.1) is 6.61 Å². The van der Waals surface area contributed by atoms with Crippen molar-refractivity contribution in [1.29, 1.82) is 0 Å². The van der Waals surface area contributed by atoms with Crippen LogP contribution >= 0.6 is 0 Å². The van der Waals surface area contributed by atoms with E-state index in [2.05, 4.69) is 0 Å². The highest BCUT2D eigenvalue weighted by molar-refractivity contribution is 5.36. The minimum Gasteiger partial charge on any atom is -0.508 e. The molecule has 72 valence electrons. The summed E-state index contributed by atoms with van der Waals surface area (Å²) >= 11 is 0. The van der Waals surface area contributed by atoms with Crippen molar-refractivity contribution < 1.29 is 14.9 Å². The van der Waals surface area contributed by atoms with Crippen LogP contribution < -0.4 is 0 Å². The molecule has 0 aliphatic heterocycles. The van der Waals surface area contributed by atoms with Crippen molar-refractivity contribution >= 4 is 0 Å². The molecule has 0 unspecified atom stereocenters. The Morgan fingerprint density at radius 3 is 2.69 bits per heavy atom. The second-order valence-electron chi connectivity index (χ2n) is 2.87. The molecular weight excluding hydrogens is 168 g/mol. The number of methoxy groups -OCH3 is 1. The van der Waals surface area contributed by atoms with E-state index in [-0.39, 0.29) is 12.4 Å². The van der Waals surface area contributed by atoms with E-state index < -0.39 is 0 Å². The molecule has 1 rings (SSSR count). The molecule has 0 heterocycles. The lowest BCUT2D eigenvalue weighted by atomic mass is 10.1. The van der Waals surface area contributed by atoms with E-state index in [0.29, 0.717) is 13.0 Å². The van der Waals surface area contributed by atoms with E-state index in [0.717, 1.165) is 11.1 Å². The molecule has 0 aliphatic carbocycles. The van der Waals surface area contributed by atoms with E-state index >= 15 is 0 Å². The second kappa shape index (κ2) is 4.84. The van der Waals surface area contributed by atoms with Crippen LogP contribution in [0, 0.1) is 0 Å². The van der Waals surface area contributed by atoms with Gasteiger partial charge in [0.15, 0.2) is 0 Å². The highest BCUT2D eigenvalue weighted by Crippen LogP contribution is 2.19. The van der Waals surface area contributed by atoms with E-state index in [1.165, 1.54) is 0 Å². The number of phenolic OH excluding ortho intramolecular Hbond substituents is 1. The first-order valence-corrected chi connectivity index (χ1v) is 4.18. The lowest BCUT2D eigenvalue weighted by Crippen LogP contribution is -1.93. The number of aromatic hydroxyl groups is 1. The van der Waals surface area contributed by atoms with Gasteiger partial charge in [0.1, 0.15) is 5.75 Å².